The van der Waals surface area contributed by atoms with Gasteiger partial charge in [0.05, 0.1) is 12.6 Å². The summed E-state index contributed by atoms with van der Waals surface area (Å²) in [6.07, 6.45) is 1.29. The largest absolute Gasteiger partial charge is 0.366 e. The molecule has 18 heavy (non-hydrogen) atoms. The first-order valence-corrected chi connectivity index (χ1v) is 6.61. The Labute approximate surface area is 109 Å². The molecule has 0 radical (unpaired) electrons. The van der Waals surface area contributed by atoms with Crippen LogP contribution in [0.4, 0.5) is 0 Å². The molecular weight excluding hydrogens is 226 g/mol. The second-order valence-corrected chi connectivity index (χ2v) is 5.35. The summed E-state index contributed by atoms with van der Waals surface area (Å²) in [6, 6.07) is 10.2. The summed E-state index contributed by atoms with van der Waals surface area (Å²) in [4.78, 5) is 12.0. The number of morpholine rings is 1. The van der Waals surface area contributed by atoms with Crippen molar-refractivity contribution in [2.45, 2.75) is 38.8 Å². The molecule has 1 aromatic carbocycles. The first-order valence-electron chi connectivity index (χ1n) is 6.61. The summed E-state index contributed by atoms with van der Waals surface area (Å²) in [5.74, 6) is 0.598. The highest BCUT2D eigenvalue weighted by molar-refractivity contribution is 5.82. The highest BCUT2D eigenvalue weighted by atomic mass is 16.5. The zero-order chi connectivity index (χ0) is 13.0. The van der Waals surface area contributed by atoms with Crippen LogP contribution in [0.15, 0.2) is 30.3 Å². The molecular formula is C15H21NO2. The van der Waals surface area contributed by atoms with Crippen molar-refractivity contribution >= 4 is 5.91 Å². The normalized spacial score (nSPS) is 24.1. The molecule has 3 heteroatoms. The molecule has 1 heterocycles. The van der Waals surface area contributed by atoms with Crippen LogP contribution < -0.4 is 5.32 Å². The minimum atomic E-state index is -0.337. The molecule has 1 aromatic rings. The molecule has 0 spiro atoms. The first kappa shape index (κ1) is 13.1. The fourth-order valence-electron chi connectivity index (χ4n) is 2.32. The molecule has 3 nitrogen and oxygen atoms in total. The van der Waals surface area contributed by atoms with Gasteiger partial charge in [0.15, 0.2) is 0 Å². The van der Waals surface area contributed by atoms with Gasteiger partial charge in [-0.15, -0.1) is 0 Å². The zero-order valence-electron chi connectivity index (χ0n) is 11.1. The maximum absolute atomic E-state index is 12.0. The van der Waals surface area contributed by atoms with Gasteiger partial charge in [-0.3, -0.25) is 4.79 Å². The Kier molecular flexibility index (Phi) is 4.37. The van der Waals surface area contributed by atoms with Gasteiger partial charge < -0.3 is 10.1 Å². The molecule has 2 rings (SSSR count). The van der Waals surface area contributed by atoms with Crippen molar-refractivity contribution in [2.24, 2.45) is 5.92 Å². The highest BCUT2D eigenvalue weighted by Gasteiger charge is 2.28. The van der Waals surface area contributed by atoms with E-state index in [0.717, 1.165) is 12.0 Å². The van der Waals surface area contributed by atoms with Crippen LogP contribution in [0.1, 0.15) is 25.8 Å². The van der Waals surface area contributed by atoms with E-state index < -0.39 is 0 Å². The summed E-state index contributed by atoms with van der Waals surface area (Å²) < 4.78 is 5.70. The van der Waals surface area contributed by atoms with Gasteiger partial charge in [-0.1, -0.05) is 44.2 Å². The molecule has 1 fully saturated rings. The van der Waals surface area contributed by atoms with Crippen LogP contribution in [-0.2, 0) is 16.0 Å². The summed E-state index contributed by atoms with van der Waals surface area (Å²) in [5.41, 5.74) is 1.14. The fourth-order valence-corrected chi connectivity index (χ4v) is 2.32. The molecule has 98 valence electrons. The van der Waals surface area contributed by atoms with Gasteiger partial charge in [0.25, 0.3) is 0 Å². The molecule has 0 unspecified atom stereocenters. The van der Waals surface area contributed by atoms with Crippen LogP contribution >= 0.6 is 0 Å². The number of carbonyl (C=O) groups excluding carboxylic acids is 1. The van der Waals surface area contributed by atoms with Crippen molar-refractivity contribution in [1.29, 1.82) is 0 Å². The molecule has 1 aliphatic heterocycles. The van der Waals surface area contributed by atoms with Crippen molar-refractivity contribution < 1.29 is 9.53 Å². The SMILES string of the molecule is CC(C)C[C@H]1CO[C@@H](Cc2ccccc2)C(=O)N1. The van der Waals surface area contributed by atoms with Crippen LogP contribution in [0.25, 0.3) is 0 Å². The second-order valence-electron chi connectivity index (χ2n) is 5.35. The Bertz CT molecular complexity index is 389. The van der Waals surface area contributed by atoms with Crippen LogP contribution in [-0.4, -0.2) is 24.7 Å². The molecule has 1 aliphatic rings. The zero-order valence-corrected chi connectivity index (χ0v) is 11.1. The number of amides is 1. The summed E-state index contributed by atoms with van der Waals surface area (Å²) in [5, 5.41) is 3.05. The minimum absolute atomic E-state index is 0.0238. The molecule has 0 aromatic heterocycles. The Morgan fingerprint density at radius 1 is 1.33 bits per heavy atom. The molecule has 1 saturated heterocycles. The van der Waals surface area contributed by atoms with Crippen LogP contribution in [0, 0.1) is 5.92 Å². The number of hydrogen-bond donors (Lipinski definition) is 1. The third-order valence-electron chi connectivity index (χ3n) is 3.16. The van der Waals surface area contributed by atoms with Gasteiger partial charge in [-0.2, -0.15) is 0 Å². The monoisotopic (exact) mass is 247 g/mol. The average Bonchev–Trinajstić information content (AvgIpc) is 2.33. The molecule has 0 bridgehead atoms. The standard InChI is InChI=1S/C15H21NO2/c1-11(2)8-13-10-18-14(15(17)16-13)9-12-6-4-3-5-7-12/h3-7,11,13-14H,8-10H2,1-2H3,(H,16,17)/t13-,14-/m0/s1. The van der Waals surface area contributed by atoms with E-state index in [1.54, 1.807) is 0 Å². The number of ether oxygens (including phenoxy) is 1. The maximum Gasteiger partial charge on any atom is 0.249 e. The molecule has 1 amide bonds. The Balaban J connectivity index is 1.88. The van der Waals surface area contributed by atoms with Gasteiger partial charge in [-0.05, 0) is 17.9 Å². The summed E-state index contributed by atoms with van der Waals surface area (Å²) in [6.45, 7) is 4.94. The molecule has 0 aliphatic carbocycles. The molecule has 1 N–H and O–H groups in total. The lowest BCUT2D eigenvalue weighted by atomic mass is 10.0. The second kappa shape index (κ2) is 6.01. The van der Waals surface area contributed by atoms with E-state index in [2.05, 4.69) is 19.2 Å². The number of hydrogen-bond acceptors (Lipinski definition) is 2. The van der Waals surface area contributed by atoms with Crippen molar-refractivity contribution in [3.63, 3.8) is 0 Å². The lowest BCUT2D eigenvalue weighted by molar-refractivity contribution is -0.140. The van der Waals surface area contributed by atoms with E-state index in [1.807, 2.05) is 30.3 Å². The van der Waals surface area contributed by atoms with Crippen LogP contribution in [0.5, 0.6) is 0 Å². The van der Waals surface area contributed by atoms with E-state index in [4.69, 9.17) is 4.74 Å². The molecule has 2 atom stereocenters. The van der Waals surface area contributed by atoms with E-state index in [1.165, 1.54) is 0 Å². The third kappa shape index (κ3) is 3.57. The van der Waals surface area contributed by atoms with E-state index in [0.29, 0.717) is 18.9 Å². The summed E-state index contributed by atoms with van der Waals surface area (Å²) in [7, 11) is 0. The van der Waals surface area contributed by atoms with Crippen molar-refractivity contribution in [2.75, 3.05) is 6.61 Å². The van der Waals surface area contributed by atoms with Gasteiger partial charge in [0.1, 0.15) is 6.10 Å². The number of carbonyl (C=O) groups is 1. The predicted octanol–water partition coefficient (Wildman–Crippen LogP) is 2.16. The lowest BCUT2D eigenvalue weighted by Crippen LogP contribution is -2.52. The Morgan fingerprint density at radius 3 is 2.67 bits per heavy atom. The van der Waals surface area contributed by atoms with Crippen LogP contribution in [0.2, 0.25) is 0 Å². The van der Waals surface area contributed by atoms with Crippen molar-refractivity contribution in [1.82, 2.24) is 5.32 Å². The number of nitrogens with one attached hydrogen (secondary N) is 1. The van der Waals surface area contributed by atoms with Crippen molar-refractivity contribution in [3.05, 3.63) is 35.9 Å². The van der Waals surface area contributed by atoms with E-state index in [-0.39, 0.29) is 18.1 Å². The van der Waals surface area contributed by atoms with Gasteiger partial charge >= 0.3 is 0 Å². The first-order chi connectivity index (χ1) is 8.65. The average molecular weight is 247 g/mol. The predicted molar refractivity (Wildman–Crippen MR) is 71.3 cm³/mol. The van der Waals surface area contributed by atoms with E-state index in [9.17, 15) is 4.79 Å². The Morgan fingerprint density at radius 2 is 2.06 bits per heavy atom. The van der Waals surface area contributed by atoms with E-state index >= 15 is 0 Å². The van der Waals surface area contributed by atoms with Crippen LogP contribution in [0.3, 0.4) is 0 Å². The highest BCUT2D eigenvalue weighted by Crippen LogP contribution is 2.14. The minimum Gasteiger partial charge on any atom is -0.366 e. The fraction of sp³-hybridized carbons (Fsp3) is 0.533. The summed E-state index contributed by atoms with van der Waals surface area (Å²) >= 11 is 0. The smallest absolute Gasteiger partial charge is 0.249 e. The Hall–Kier alpha value is -1.35. The lowest BCUT2D eigenvalue weighted by Gasteiger charge is -2.30. The van der Waals surface area contributed by atoms with Crippen molar-refractivity contribution in [3.8, 4) is 0 Å². The van der Waals surface area contributed by atoms with Gasteiger partial charge in [0.2, 0.25) is 5.91 Å². The topological polar surface area (TPSA) is 38.3 Å². The quantitative estimate of drug-likeness (QED) is 0.885. The third-order valence-corrected chi connectivity index (χ3v) is 3.16. The number of rotatable bonds is 4. The number of benzene rings is 1. The van der Waals surface area contributed by atoms with Gasteiger partial charge in [0, 0.05) is 6.42 Å². The maximum atomic E-state index is 12.0. The van der Waals surface area contributed by atoms with Gasteiger partial charge in [-0.25, -0.2) is 0 Å². The molecule has 0 saturated carbocycles.